The van der Waals surface area contributed by atoms with Crippen LogP contribution in [0.2, 0.25) is 0 Å². The van der Waals surface area contributed by atoms with E-state index in [0.29, 0.717) is 6.04 Å². The van der Waals surface area contributed by atoms with Gasteiger partial charge in [-0.1, -0.05) is 30.3 Å². The smallest absolute Gasteiger partial charge is 0.0549 e. The van der Waals surface area contributed by atoms with Gasteiger partial charge in [0.25, 0.3) is 0 Å². The summed E-state index contributed by atoms with van der Waals surface area (Å²) in [7, 11) is 0. The van der Waals surface area contributed by atoms with Gasteiger partial charge in [-0.2, -0.15) is 5.10 Å². The van der Waals surface area contributed by atoms with Crippen LogP contribution in [0, 0.1) is 0 Å². The van der Waals surface area contributed by atoms with Crippen molar-refractivity contribution in [1.82, 2.24) is 14.7 Å². The molecule has 21 heavy (non-hydrogen) atoms. The van der Waals surface area contributed by atoms with Crippen molar-refractivity contribution < 1.29 is 0 Å². The zero-order chi connectivity index (χ0) is 14.1. The Hall–Kier alpha value is -1.61. The van der Waals surface area contributed by atoms with E-state index in [0.717, 1.165) is 12.1 Å². The van der Waals surface area contributed by atoms with Crippen LogP contribution in [0.3, 0.4) is 0 Å². The molecule has 2 aromatic rings. The third kappa shape index (κ3) is 2.62. The van der Waals surface area contributed by atoms with Crippen molar-refractivity contribution >= 4 is 0 Å². The number of benzene rings is 1. The first-order valence-corrected chi connectivity index (χ1v) is 8.19. The van der Waals surface area contributed by atoms with Gasteiger partial charge in [-0.15, -0.1) is 0 Å². The second kappa shape index (κ2) is 5.64. The number of piperidine rings is 1. The maximum Gasteiger partial charge on any atom is 0.0549 e. The van der Waals surface area contributed by atoms with E-state index in [1.807, 2.05) is 12.3 Å². The zero-order valence-corrected chi connectivity index (χ0v) is 12.4. The topological polar surface area (TPSA) is 21.1 Å². The highest BCUT2D eigenvalue weighted by Gasteiger charge is 2.40. The Labute approximate surface area is 126 Å². The Morgan fingerprint density at radius 2 is 1.71 bits per heavy atom. The Kier molecular flexibility index (Phi) is 3.52. The minimum absolute atomic E-state index is 0.616. The molecule has 3 heterocycles. The molecule has 2 aliphatic heterocycles. The zero-order valence-electron chi connectivity index (χ0n) is 12.4. The van der Waals surface area contributed by atoms with Crippen molar-refractivity contribution in [3.8, 4) is 0 Å². The second-order valence-corrected chi connectivity index (χ2v) is 6.47. The molecule has 2 saturated heterocycles. The van der Waals surface area contributed by atoms with E-state index in [2.05, 4.69) is 51.2 Å². The lowest BCUT2D eigenvalue weighted by atomic mass is 9.97. The summed E-state index contributed by atoms with van der Waals surface area (Å²) < 4.78 is 2.18. The fourth-order valence-electron chi connectivity index (χ4n) is 4.23. The maximum atomic E-state index is 4.45. The van der Waals surface area contributed by atoms with Crippen molar-refractivity contribution in [2.45, 2.75) is 50.2 Å². The van der Waals surface area contributed by atoms with E-state index in [1.165, 1.54) is 44.2 Å². The monoisotopic (exact) mass is 281 g/mol. The molecule has 4 rings (SSSR count). The molecule has 2 unspecified atom stereocenters. The molecule has 110 valence electrons. The highest BCUT2D eigenvalue weighted by Crippen LogP contribution is 2.40. The van der Waals surface area contributed by atoms with Crippen LogP contribution in [0.5, 0.6) is 0 Å². The van der Waals surface area contributed by atoms with Crippen LogP contribution >= 0.6 is 0 Å². The van der Waals surface area contributed by atoms with Gasteiger partial charge in [0.15, 0.2) is 0 Å². The lowest BCUT2D eigenvalue weighted by molar-refractivity contribution is 0.104. The van der Waals surface area contributed by atoms with E-state index in [4.69, 9.17) is 0 Å². The quantitative estimate of drug-likeness (QED) is 0.857. The molecule has 2 bridgehead atoms. The molecule has 0 amide bonds. The maximum absolute atomic E-state index is 4.45. The van der Waals surface area contributed by atoms with Gasteiger partial charge in [0, 0.05) is 31.0 Å². The van der Waals surface area contributed by atoms with Gasteiger partial charge in [-0.05, 0) is 43.7 Å². The number of aromatic nitrogens is 2. The van der Waals surface area contributed by atoms with Crippen molar-refractivity contribution in [2.75, 3.05) is 6.54 Å². The lowest BCUT2D eigenvalue weighted by Gasteiger charge is -2.39. The van der Waals surface area contributed by atoms with Gasteiger partial charge in [-0.25, -0.2) is 0 Å². The molecule has 0 N–H and O–H groups in total. The summed E-state index contributed by atoms with van der Waals surface area (Å²) in [6, 6.07) is 15.1. The normalized spacial score (nSPS) is 28.9. The Morgan fingerprint density at radius 3 is 2.38 bits per heavy atom. The molecule has 3 nitrogen and oxygen atoms in total. The summed E-state index contributed by atoms with van der Waals surface area (Å²) in [6.45, 7) is 1.21. The van der Waals surface area contributed by atoms with Gasteiger partial charge in [0.05, 0.1) is 6.04 Å². The van der Waals surface area contributed by atoms with Gasteiger partial charge in [0.2, 0.25) is 0 Å². The van der Waals surface area contributed by atoms with Crippen LogP contribution < -0.4 is 0 Å². The van der Waals surface area contributed by atoms with Crippen molar-refractivity contribution in [3.63, 3.8) is 0 Å². The number of fused-ring (bicyclic) bond motifs is 2. The summed E-state index contributed by atoms with van der Waals surface area (Å²) in [5.74, 6) is 0. The minimum atomic E-state index is 0.616. The van der Waals surface area contributed by atoms with Crippen LogP contribution in [0.25, 0.3) is 0 Å². The van der Waals surface area contributed by atoms with E-state index >= 15 is 0 Å². The molecule has 0 spiro atoms. The number of hydrogen-bond acceptors (Lipinski definition) is 2. The summed E-state index contributed by atoms with van der Waals surface area (Å²) in [5.41, 5.74) is 1.46. The van der Waals surface area contributed by atoms with Crippen LogP contribution in [0.15, 0.2) is 48.8 Å². The molecule has 2 aliphatic rings. The average Bonchev–Trinajstić information content (AvgIpc) is 3.13. The first-order valence-electron chi connectivity index (χ1n) is 8.19. The summed E-state index contributed by atoms with van der Waals surface area (Å²) in [5, 5.41) is 4.45. The standard InChI is InChI=1S/C18H23N3/c1-2-5-15(6-3-1)9-12-20-16-7-8-17(20)14-18(13-16)21-11-4-10-19-21/h1-6,10-11,16-18H,7-9,12-14H2. The predicted molar refractivity (Wildman–Crippen MR) is 84.2 cm³/mol. The second-order valence-electron chi connectivity index (χ2n) is 6.47. The van der Waals surface area contributed by atoms with Crippen molar-refractivity contribution in [3.05, 3.63) is 54.4 Å². The molecule has 0 radical (unpaired) electrons. The van der Waals surface area contributed by atoms with Gasteiger partial charge in [0.1, 0.15) is 0 Å². The Balaban J connectivity index is 1.40. The van der Waals surface area contributed by atoms with Crippen LogP contribution in [-0.4, -0.2) is 33.3 Å². The summed E-state index contributed by atoms with van der Waals surface area (Å²) in [6.07, 6.45) is 10.5. The third-order valence-electron chi connectivity index (χ3n) is 5.26. The fraction of sp³-hybridized carbons (Fsp3) is 0.500. The summed E-state index contributed by atoms with van der Waals surface area (Å²) in [4.78, 5) is 2.77. The number of nitrogens with zero attached hydrogens (tertiary/aromatic N) is 3. The van der Waals surface area contributed by atoms with E-state index in [-0.39, 0.29) is 0 Å². The van der Waals surface area contributed by atoms with E-state index in [1.54, 1.807) is 0 Å². The van der Waals surface area contributed by atoms with Crippen LogP contribution in [0.4, 0.5) is 0 Å². The van der Waals surface area contributed by atoms with Gasteiger partial charge >= 0.3 is 0 Å². The Morgan fingerprint density at radius 1 is 0.952 bits per heavy atom. The lowest BCUT2D eigenvalue weighted by Crippen LogP contribution is -2.44. The first kappa shape index (κ1) is 13.1. The fourth-order valence-corrected chi connectivity index (χ4v) is 4.23. The molecule has 0 saturated carbocycles. The molecular formula is C18H23N3. The average molecular weight is 281 g/mol. The molecule has 3 heteroatoms. The molecule has 1 aromatic carbocycles. The molecule has 2 atom stereocenters. The van der Waals surface area contributed by atoms with Crippen molar-refractivity contribution in [2.24, 2.45) is 0 Å². The highest BCUT2D eigenvalue weighted by molar-refractivity contribution is 5.15. The van der Waals surface area contributed by atoms with Crippen LogP contribution in [0.1, 0.15) is 37.3 Å². The molecule has 1 aromatic heterocycles. The van der Waals surface area contributed by atoms with Gasteiger partial charge in [-0.3, -0.25) is 9.58 Å². The SMILES string of the molecule is c1ccc(CCN2C3CCC2CC(n2cccn2)C3)cc1. The molecule has 0 aliphatic carbocycles. The van der Waals surface area contributed by atoms with E-state index in [9.17, 15) is 0 Å². The van der Waals surface area contributed by atoms with E-state index < -0.39 is 0 Å². The predicted octanol–water partition coefficient (Wildman–Crippen LogP) is 3.29. The Bertz CT molecular complexity index is 549. The highest BCUT2D eigenvalue weighted by atomic mass is 15.3. The number of hydrogen-bond donors (Lipinski definition) is 0. The minimum Gasteiger partial charge on any atom is -0.297 e. The largest absolute Gasteiger partial charge is 0.297 e. The third-order valence-corrected chi connectivity index (χ3v) is 5.26. The number of rotatable bonds is 4. The molecule has 2 fully saturated rings. The first-order chi connectivity index (χ1) is 10.4. The summed E-state index contributed by atoms with van der Waals surface area (Å²) >= 11 is 0. The van der Waals surface area contributed by atoms with Gasteiger partial charge < -0.3 is 0 Å². The molecular weight excluding hydrogens is 258 g/mol. The van der Waals surface area contributed by atoms with Crippen molar-refractivity contribution in [1.29, 1.82) is 0 Å². The van der Waals surface area contributed by atoms with Crippen LogP contribution in [-0.2, 0) is 6.42 Å².